The normalized spacial score (nSPS) is 13.8. The predicted octanol–water partition coefficient (Wildman–Crippen LogP) is 4.29. The Balaban J connectivity index is 2.47. The van der Waals surface area contributed by atoms with Crippen molar-refractivity contribution in [1.29, 1.82) is 5.26 Å². The van der Waals surface area contributed by atoms with E-state index in [4.69, 9.17) is 4.74 Å². The smallest absolute Gasteiger partial charge is 0.335 e. The molecule has 0 fully saturated rings. The monoisotopic (exact) mass is 353 g/mol. The second-order valence-electron chi connectivity index (χ2n) is 6.46. The van der Waals surface area contributed by atoms with Gasteiger partial charge in [-0.2, -0.15) is 5.26 Å². The van der Waals surface area contributed by atoms with Gasteiger partial charge in [0.2, 0.25) is 0 Å². The van der Waals surface area contributed by atoms with E-state index in [9.17, 15) is 14.9 Å². The molecule has 0 spiro atoms. The molecule has 0 aliphatic heterocycles. The molecule has 5 heteroatoms. The summed E-state index contributed by atoms with van der Waals surface area (Å²) in [6.45, 7) is 5.20. The Hall–Kier alpha value is -2.71. The number of hydrogen-bond acceptors (Lipinski definition) is 5. The number of ether oxygens (including phenoxy) is 1. The number of rotatable bonds is 5. The molecule has 0 aliphatic rings. The quantitative estimate of drug-likeness (QED) is 0.457. The van der Waals surface area contributed by atoms with Crippen LogP contribution < -0.4 is 0 Å². The maximum Gasteiger partial charge on any atom is 0.335 e. The Morgan fingerprint density at radius 3 is 2.32 bits per heavy atom. The molecule has 0 saturated heterocycles. The molecule has 0 bridgehead atoms. The van der Waals surface area contributed by atoms with Crippen molar-refractivity contribution in [3.05, 3.63) is 70.4 Å². The molecule has 0 aliphatic carbocycles. The van der Waals surface area contributed by atoms with Crippen LogP contribution in [0.15, 0.2) is 60.0 Å². The molecule has 4 nitrogen and oxygen atoms in total. The summed E-state index contributed by atoms with van der Waals surface area (Å²) in [5, 5.41) is 11.6. The van der Waals surface area contributed by atoms with Crippen LogP contribution in [-0.4, -0.2) is 17.4 Å². The van der Waals surface area contributed by atoms with Crippen LogP contribution in [0.2, 0.25) is 0 Å². The van der Waals surface area contributed by atoms with E-state index in [1.165, 1.54) is 23.5 Å². The number of esters is 1. The van der Waals surface area contributed by atoms with Crippen LogP contribution in [-0.2, 0) is 14.9 Å². The summed E-state index contributed by atoms with van der Waals surface area (Å²) in [6, 6.07) is 14.1. The molecule has 1 heterocycles. The van der Waals surface area contributed by atoms with Crippen molar-refractivity contribution in [2.45, 2.75) is 31.8 Å². The highest BCUT2D eigenvalue weighted by atomic mass is 32.1. The molecule has 1 aromatic heterocycles. The summed E-state index contributed by atoms with van der Waals surface area (Å²) in [5.74, 6) is -0.960. The van der Waals surface area contributed by atoms with Gasteiger partial charge in [-0.15, -0.1) is 11.3 Å². The van der Waals surface area contributed by atoms with Crippen LogP contribution in [0, 0.1) is 11.3 Å². The van der Waals surface area contributed by atoms with Gasteiger partial charge in [0.15, 0.2) is 11.2 Å². The lowest BCUT2D eigenvalue weighted by atomic mass is 9.81. The lowest BCUT2D eigenvalue weighted by Gasteiger charge is -2.27. The Morgan fingerprint density at radius 2 is 1.80 bits per heavy atom. The van der Waals surface area contributed by atoms with Crippen molar-refractivity contribution in [2.75, 3.05) is 0 Å². The molecule has 0 radical (unpaired) electrons. The topological polar surface area (TPSA) is 67.2 Å². The fourth-order valence-electron chi connectivity index (χ4n) is 2.19. The minimum Gasteiger partial charge on any atom is -0.458 e. The van der Waals surface area contributed by atoms with Crippen LogP contribution in [0.4, 0.5) is 0 Å². The lowest BCUT2D eigenvalue weighted by molar-refractivity contribution is -0.158. The minimum atomic E-state index is -1.68. The number of nitriles is 1. The van der Waals surface area contributed by atoms with Crippen molar-refractivity contribution in [3.8, 4) is 6.07 Å². The largest absolute Gasteiger partial charge is 0.458 e. The van der Waals surface area contributed by atoms with Gasteiger partial charge in [-0.25, -0.2) is 4.79 Å². The van der Waals surface area contributed by atoms with Crippen molar-refractivity contribution in [3.63, 3.8) is 0 Å². The van der Waals surface area contributed by atoms with E-state index < -0.39 is 17.0 Å². The molecule has 1 aromatic carbocycles. The zero-order chi connectivity index (χ0) is 18.5. The molecular formula is C20H19NO3S. The fraction of sp³-hybridized carbons (Fsp3) is 0.250. The van der Waals surface area contributed by atoms with Crippen molar-refractivity contribution >= 4 is 23.1 Å². The number of benzene rings is 1. The first-order chi connectivity index (χ1) is 11.8. The van der Waals surface area contributed by atoms with Gasteiger partial charge in [-0.3, -0.25) is 4.79 Å². The number of allylic oxidation sites excluding steroid dienone is 1. The zero-order valence-corrected chi connectivity index (χ0v) is 15.2. The summed E-state index contributed by atoms with van der Waals surface area (Å²) >= 11 is 1.30. The summed E-state index contributed by atoms with van der Waals surface area (Å²) in [4.78, 5) is 25.6. The van der Waals surface area contributed by atoms with Gasteiger partial charge in [0.05, 0.1) is 10.9 Å². The van der Waals surface area contributed by atoms with Crippen molar-refractivity contribution in [2.24, 2.45) is 0 Å². The number of thiophene rings is 1. The van der Waals surface area contributed by atoms with Gasteiger partial charge in [-0.05, 0) is 49.9 Å². The first-order valence-electron chi connectivity index (χ1n) is 7.76. The Morgan fingerprint density at radius 1 is 1.12 bits per heavy atom. The van der Waals surface area contributed by atoms with Gasteiger partial charge < -0.3 is 4.74 Å². The van der Waals surface area contributed by atoms with Crippen molar-refractivity contribution in [1.82, 2.24) is 0 Å². The first kappa shape index (κ1) is 18.6. The number of hydrogen-bond donors (Lipinski definition) is 0. The van der Waals surface area contributed by atoms with Gasteiger partial charge in [0, 0.05) is 0 Å². The predicted molar refractivity (Wildman–Crippen MR) is 97.4 cm³/mol. The van der Waals surface area contributed by atoms with Gasteiger partial charge in [0.1, 0.15) is 5.60 Å². The highest BCUT2D eigenvalue weighted by molar-refractivity contribution is 7.12. The van der Waals surface area contributed by atoms with Crippen LogP contribution in [0.3, 0.4) is 0 Å². The fourth-order valence-corrected chi connectivity index (χ4v) is 2.84. The molecule has 128 valence electrons. The molecule has 0 N–H and O–H groups in total. The van der Waals surface area contributed by atoms with Crippen molar-refractivity contribution < 1.29 is 14.3 Å². The second-order valence-corrected chi connectivity index (χ2v) is 7.41. The highest BCUT2D eigenvalue weighted by Gasteiger charge is 2.42. The van der Waals surface area contributed by atoms with E-state index in [2.05, 4.69) is 0 Å². The van der Waals surface area contributed by atoms with Crippen LogP contribution in [0.1, 0.15) is 36.0 Å². The van der Waals surface area contributed by atoms with Crippen LogP contribution in [0.5, 0.6) is 0 Å². The number of nitrogens with zero attached hydrogens (tertiary/aromatic N) is 1. The van der Waals surface area contributed by atoms with E-state index in [1.807, 2.05) is 6.07 Å². The molecule has 2 aromatic rings. The van der Waals surface area contributed by atoms with Gasteiger partial charge in [0.25, 0.3) is 0 Å². The average molecular weight is 353 g/mol. The molecule has 25 heavy (non-hydrogen) atoms. The Bertz CT molecular complexity index is 811. The number of ketones is 1. The SMILES string of the molecule is CC(C)(C)OC(=O)[C@](C#N)(/C=C\C(=O)c1cccs1)c1ccccc1. The average Bonchev–Trinajstić information content (AvgIpc) is 3.09. The molecular weight excluding hydrogens is 334 g/mol. The number of carbonyl (C=O) groups is 2. The van der Waals surface area contributed by atoms with Gasteiger partial charge >= 0.3 is 5.97 Å². The van der Waals surface area contributed by atoms with Crippen LogP contribution >= 0.6 is 11.3 Å². The summed E-state index contributed by atoms with van der Waals surface area (Å²) < 4.78 is 5.45. The molecule has 0 amide bonds. The Kier molecular flexibility index (Phi) is 5.55. The summed E-state index contributed by atoms with van der Waals surface area (Å²) in [7, 11) is 0. The standard InChI is InChI=1S/C20H19NO3S/c1-19(2,3)24-18(23)20(14-21,15-8-5-4-6-9-15)12-11-16(22)17-10-7-13-25-17/h4-13H,1-3H3/b12-11-/t20-/m0/s1. The summed E-state index contributed by atoms with van der Waals surface area (Å²) in [6.07, 6.45) is 2.60. The second kappa shape index (κ2) is 7.45. The Labute approximate surface area is 151 Å². The minimum absolute atomic E-state index is 0.255. The number of carbonyl (C=O) groups excluding carboxylic acids is 2. The van der Waals surface area contributed by atoms with E-state index in [0.717, 1.165) is 0 Å². The third kappa shape index (κ3) is 4.43. The zero-order valence-electron chi connectivity index (χ0n) is 14.4. The van der Waals surface area contributed by atoms with E-state index in [-0.39, 0.29) is 5.78 Å². The molecule has 0 saturated carbocycles. The first-order valence-corrected chi connectivity index (χ1v) is 8.64. The molecule has 0 unspecified atom stereocenters. The maximum absolute atomic E-state index is 12.8. The third-order valence-corrected chi connectivity index (χ3v) is 4.26. The van der Waals surface area contributed by atoms with E-state index >= 15 is 0 Å². The van der Waals surface area contributed by atoms with E-state index in [0.29, 0.717) is 10.4 Å². The van der Waals surface area contributed by atoms with Gasteiger partial charge in [-0.1, -0.05) is 36.4 Å². The lowest BCUT2D eigenvalue weighted by Crippen LogP contribution is -2.39. The molecule has 1 atom stereocenters. The van der Waals surface area contributed by atoms with E-state index in [1.54, 1.807) is 68.6 Å². The maximum atomic E-state index is 12.8. The third-order valence-electron chi connectivity index (χ3n) is 3.38. The summed E-state index contributed by atoms with van der Waals surface area (Å²) in [5.41, 5.74) is -1.97. The highest BCUT2D eigenvalue weighted by Crippen LogP contribution is 2.29. The van der Waals surface area contributed by atoms with Crippen LogP contribution in [0.25, 0.3) is 0 Å². The molecule has 2 rings (SSSR count).